The third-order valence-electron chi connectivity index (χ3n) is 5.37. The first-order chi connectivity index (χ1) is 14.5. The van der Waals surface area contributed by atoms with E-state index in [2.05, 4.69) is 4.72 Å². The quantitative estimate of drug-likeness (QED) is 0.590. The van der Waals surface area contributed by atoms with Crippen LogP contribution in [0.15, 0.2) is 71.6 Å². The number of para-hydroxylation sites is 1. The van der Waals surface area contributed by atoms with Crippen LogP contribution in [-0.2, 0) is 22.9 Å². The van der Waals surface area contributed by atoms with Gasteiger partial charge in [0.2, 0.25) is 0 Å². The zero-order chi connectivity index (χ0) is 21.1. The van der Waals surface area contributed by atoms with Gasteiger partial charge in [0.05, 0.1) is 12.8 Å². The number of carbonyl (C=O) groups is 1. The standard InChI is InChI=1S/C24H23NO4S/c1-29-22-15-18-11-5-6-12-19(18)16-23(22)30(27,28)25-21-14-8-7-13-20(21)24(26)17-9-3-2-4-10-17/h2-4,7-10,13-16,25H,5-6,11-12H2,1H3. The van der Waals surface area contributed by atoms with Gasteiger partial charge in [0, 0.05) is 11.1 Å². The predicted molar refractivity (Wildman–Crippen MR) is 117 cm³/mol. The van der Waals surface area contributed by atoms with Crippen molar-refractivity contribution in [2.45, 2.75) is 30.6 Å². The molecule has 5 nitrogen and oxygen atoms in total. The minimum Gasteiger partial charge on any atom is -0.495 e. The molecule has 0 fully saturated rings. The molecule has 0 saturated heterocycles. The highest BCUT2D eigenvalue weighted by atomic mass is 32.2. The molecule has 0 bridgehead atoms. The molecule has 0 aliphatic heterocycles. The predicted octanol–water partition coefficient (Wildman–Crippen LogP) is 4.61. The van der Waals surface area contributed by atoms with E-state index in [1.807, 2.05) is 12.1 Å². The van der Waals surface area contributed by atoms with Gasteiger partial charge >= 0.3 is 0 Å². The summed E-state index contributed by atoms with van der Waals surface area (Å²) in [5, 5.41) is 0. The van der Waals surface area contributed by atoms with Crippen LogP contribution in [0.4, 0.5) is 5.69 Å². The number of hydrogen-bond donors (Lipinski definition) is 1. The molecule has 0 spiro atoms. The maximum absolute atomic E-state index is 13.3. The molecular formula is C24H23NO4S. The van der Waals surface area contributed by atoms with Crippen molar-refractivity contribution in [3.63, 3.8) is 0 Å². The number of anilines is 1. The molecule has 154 valence electrons. The summed E-state index contributed by atoms with van der Waals surface area (Å²) in [5.41, 5.74) is 3.21. The van der Waals surface area contributed by atoms with Gasteiger partial charge in [0.15, 0.2) is 5.78 Å². The topological polar surface area (TPSA) is 72.5 Å². The minimum atomic E-state index is -3.95. The Morgan fingerprint density at radius 2 is 1.53 bits per heavy atom. The fourth-order valence-electron chi connectivity index (χ4n) is 3.82. The van der Waals surface area contributed by atoms with Crippen molar-refractivity contribution in [2.24, 2.45) is 0 Å². The highest BCUT2D eigenvalue weighted by molar-refractivity contribution is 7.92. The number of carbonyl (C=O) groups excluding carboxylic acids is 1. The highest BCUT2D eigenvalue weighted by Gasteiger charge is 2.25. The van der Waals surface area contributed by atoms with Gasteiger partial charge in [-0.2, -0.15) is 0 Å². The zero-order valence-corrected chi connectivity index (χ0v) is 17.5. The summed E-state index contributed by atoms with van der Waals surface area (Å²) in [6.07, 6.45) is 3.91. The first-order valence-electron chi connectivity index (χ1n) is 9.91. The number of benzene rings is 3. The van der Waals surface area contributed by atoms with Crippen LogP contribution >= 0.6 is 0 Å². The molecule has 0 radical (unpaired) electrons. The molecule has 0 atom stereocenters. The summed E-state index contributed by atoms with van der Waals surface area (Å²) in [7, 11) is -2.49. The molecule has 1 aliphatic rings. The number of rotatable bonds is 6. The number of methoxy groups -OCH3 is 1. The van der Waals surface area contributed by atoms with Gasteiger partial charge < -0.3 is 4.74 Å². The third kappa shape index (κ3) is 3.96. The molecule has 3 aromatic carbocycles. The Bertz CT molecular complexity index is 1190. The molecule has 0 amide bonds. The number of ketones is 1. The first kappa shape index (κ1) is 20.2. The highest BCUT2D eigenvalue weighted by Crippen LogP contribution is 2.33. The van der Waals surface area contributed by atoms with Crippen LogP contribution in [-0.4, -0.2) is 21.3 Å². The summed E-state index contributed by atoms with van der Waals surface area (Å²) in [5.74, 6) is 0.0707. The normalized spacial score (nSPS) is 13.4. The van der Waals surface area contributed by atoms with E-state index in [0.29, 0.717) is 16.9 Å². The average molecular weight is 422 g/mol. The molecule has 0 aromatic heterocycles. The molecule has 0 unspecified atom stereocenters. The van der Waals surface area contributed by atoms with Gasteiger partial charge in [0.1, 0.15) is 10.6 Å². The van der Waals surface area contributed by atoms with Crippen LogP contribution in [0, 0.1) is 0 Å². The lowest BCUT2D eigenvalue weighted by Gasteiger charge is -2.20. The lowest BCUT2D eigenvalue weighted by atomic mass is 9.92. The first-order valence-corrected chi connectivity index (χ1v) is 11.4. The number of fused-ring (bicyclic) bond motifs is 1. The smallest absolute Gasteiger partial charge is 0.265 e. The third-order valence-corrected chi connectivity index (χ3v) is 6.76. The fraction of sp³-hybridized carbons (Fsp3) is 0.208. The molecule has 6 heteroatoms. The lowest BCUT2D eigenvalue weighted by molar-refractivity contribution is 0.103. The van der Waals surface area contributed by atoms with Gasteiger partial charge in [-0.15, -0.1) is 0 Å². The largest absolute Gasteiger partial charge is 0.495 e. The van der Waals surface area contributed by atoms with Crippen LogP contribution in [0.5, 0.6) is 5.75 Å². The Balaban J connectivity index is 1.73. The lowest BCUT2D eigenvalue weighted by Crippen LogP contribution is -2.18. The molecule has 1 N–H and O–H groups in total. The van der Waals surface area contributed by atoms with Gasteiger partial charge in [-0.05, 0) is 61.1 Å². The summed E-state index contributed by atoms with van der Waals surface area (Å²) in [6.45, 7) is 0. The maximum atomic E-state index is 13.3. The molecule has 1 aliphatic carbocycles. The van der Waals surface area contributed by atoms with E-state index in [0.717, 1.165) is 36.8 Å². The Hall–Kier alpha value is -3.12. The number of nitrogens with one attached hydrogen (secondary N) is 1. The average Bonchev–Trinajstić information content (AvgIpc) is 2.78. The number of ether oxygens (including phenoxy) is 1. The van der Waals surface area contributed by atoms with Crippen molar-refractivity contribution in [1.29, 1.82) is 0 Å². The van der Waals surface area contributed by atoms with Crippen molar-refractivity contribution >= 4 is 21.5 Å². The Morgan fingerprint density at radius 3 is 2.23 bits per heavy atom. The van der Waals surface area contributed by atoms with E-state index in [-0.39, 0.29) is 16.4 Å². The molecule has 30 heavy (non-hydrogen) atoms. The summed E-state index contributed by atoms with van der Waals surface area (Å²) in [6, 6.07) is 19.0. The van der Waals surface area contributed by atoms with E-state index in [1.165, 1.54) is 7.11 Å². The number of sulfonamides is 1. The van der Waals surface area contributed by atoms with Crippen LogP contribution in [0.25, 0.3) is 0 Å². The second-order valence-corrected chi connectivity index (χ2v) is 8.98. The molecule has 0 saturated carbocycles. The Morgan fingerprint density at radius 1 is 0.900 bits per heavy atom. The van der Waals surface area contributed by atoms with Crippen LogP contribution in [0.2, 0.25) is 0 Å². The summed E-state index contributed by atoms with van der Waals surface area (Å²) in [4.78, 5) is 13.0. The van der Waals surface area contributed by atoms with E-state index in [4.69, 9.17) is 4.74 Å². The van der Waals surface area contributed by atoms with E-state index in [1.54, 1.807) is 54.6 Å². The van der Waals surface area contributed by atoms with Crippen LogP contribution in [0.3, 0.4) is 0 Å². The zero-order valence-electron chi connectivity index (χ0n) is 16.7. The van der Waals surface area contributed by atoms with Gasteiger partial charge in [-0.25, -0.2) is 8.42 Å². The minimum absolute atomic E-state index is 0.0904. The summed E-state index contributed by atoms with van der Waals surface area (Å²) < 4.78 is 34.6. The fourth-order valence-corrected chi connectivity index (χ4v) is 5.11. The van der Waals surface area contributed by atoms with Gasteiger partial charge in [-0.1, -0.05) is 42.5 Å². The monoisotopic (exact) mass is 421 g/mol. The molecule has 3 aromatic rings. The van der Waals surface area contributed by atoms with Gasteiger partial charge in [0.25, 0.3) is 10.0 Å². The van der Waals surface area contributed by atoms with Crippen molar-refractivity contribution in [3.8, 4) is 5.75 Å². The SMILES string of the molecule is COc1cc2c(cc1S(=O)(=O)Nc1ccccc1C(=O)c1ccccc1)CCCC2. The Labute approximate surface area is 176 Å². The molecule has 4 rings (SSSR count). The van der Waals surface area contributed by atoms with E-state index >= 15 is 0 Å². The number of hydrogen-bond acceptors (Lipinski definition) is 4. The van der Waals surface area contributed by atoms with Crippen molar-refractivity contribution in [3.05, 3.63) is 89.0 Å². The van der Waals surface area contributed by atoms with Crippen molar-refractivity contribution in [1.82, 2.24) is 0 Å². The van der Waals surface area contributed by atoms with E-state index < -0.39 is 10.0 Å². The van der Waals surface area contributed by atoms with Crippen LogP contribution < -0.4 is 9.46 Å². The van der Waals surface area contributed by atoms with Crippen molar-refractivity contribution in [2.75, 3.05) is 11.8 Å². The van der Waals surface area contributed by atoms with Crippen molar-refractivity contribution < 1.29 is 17.9 Å². The molecular weight excluding hydrogens is 398 g/mol. The Kier molecular flexibility index (Phi) is 5.59. The maximum Gasteiger partial charge on any atom is 0.265 e. The molecule has 0 heterocycles. The second-order valence-electron chi connectivity index (χ2n) is 7.33. The van der Waals surface area contributed by atoms with Crippen LogP contribution in [0.1, 0.15) is 39.9 Å². The number of aryl methyl sites for hydroxylation is 2. The van der Waals surface area contributed by atoms with E-state index in [9.17, 15) is 13.2 Å². The second kappa shape index (κ2) is 8.32. The van der Waals surface area contributed by atoms with Gasteiger partial charge in [-0.3, -0.25) is 9.52 Å². The summed E-state index contributed by atoms with van der Waals surface area (Å²) >= 11 is 0.